The Bertz CT molecular complexity index is 575. The highest BCUT2D eigenvalue weighted by atomic mass is 35.5. The van der Waals surface area contributed by atoms with E-state index >= 15 is 0 Å². The van der Waals surface area contributed by atoms with Crippen LogP contribution in [0.3, 0.4) is 0 Å². The number of nitrogens with two attached hydrogens (primary N) is 1. The van der Waals surface area contributed by atoms with Crippen LogP contribution in [0.5, 0.6) is 0 Å². The van der Waals surface area contributed by atoms with Crippen LogP contribution in [-0.4, -0.2) is 14.8 Å². The molecule has 1 aromatic carbocycles. The lowest BCUT2D eigenvalue weighted by molar-refractivity contribution is 0.510. The predicted octanol–water partition coefficient (Wildman–Crippen LogP) is 3.02. The van der Waals surface area contributed by atoms with Crippen LogP contribution in [0, 0.1) is 12.8 Å². The van der Waals surface area contributed by atoms with E-state index in [-0.39, 0.29) is 0 Å². The number of halogens is 1. The summed E-state index contributed by atoms with van der Waals surface area (Å²) in [6.07, 6.45) is 0. The van der Waals surface area contributed by atoms with Crippen molar-refractivity contribution >= 4 is 11.6 Å². The van der Waals surface area contributed by atoms with Gasteiger partial charge >= 0.3 is 0 Å². The first-order valence-electron chi connectivity index (χ1n) is 6.41. The molecule has 0 bridgehead atoms. The van der Waals surface area contributed by atoms with E-state index in [1.165, 1.54) is 0 Å². The first kappa shape index (κ1) is 14.0. The van der Waals surface area contributed by atoms with Gasteiger partial charge in [0, 0.05) is 17.1 Å². The third-order valence-electron chi connectivity index (χ3n) is 2.97. The number of aryl methyl sites for hydroxylation is 1. The van der Waals surface area contributed by atoms with Crippen LogP contribution in [0.25, 0.3) is 11.4 Å². The Kier molecular flexibility index (Phi) is 4.22. The lowest BCUT2D eigenvalue weighted by atomic mass is 10.1. The quantitative estimate of drug-likeness (QED) is 0.935. The standard InChI is InChI=1S/C14H19ClN4/c1-9(2)8-19-13(7-16)17-18-14(19)11-4-5-12(15)10(3)6-11/h4-6,9H,7-8,16H2,1-3H3. The molecule has 1 aromatic heterocycles. The van der Waals surface area contributed by atoms with Crippen molar-refractivity contribution < 1.29 is 0 Å². The topological polar surface area (TPSA) is 56.7 Å². The molecule has 102 valence electrons. The molecule has 5 heteroatoms. The highest BCUT2D eigenvalue weighted by molar-refractivity contribution is 6.31. The van der Waals surface area contributed by atoms with Crippen molar-refractivity contribution in [1.82, 2.24) is 14.8 Å². The molecule has 0 atom stereocenters. The molecule has 0 spiro atoms. The van der Waals surface area contributed by atoms with Crippen molar-refractivity contribution in [2.24, 2.45) is 11.7 Å². The number of rotatable bonds is 4. The largest absolute Gasteiger partial charge is 0.324 e. The predicted molar refractivity (Wildman–Crippen MR) is 77.9 cm³/mol. The highest BCUT2D eigenvalue weighted by Gasteiger charge is 2.14. The van der Waals surface area contributed by atoms with Gasteiger partial charge in [0.15, 0.2) is 5.82 Å². The number of nitrogens with zero attached hydrogens (tertiary/aromatic N) is 3. The molecule has 0 fully saturated rings. The van der Waals surface area contributed by atoms with Crippen LogP contribution in [0.2, 0.25) is 5.02 Å². The van der Waals surface area contributed by atoms with Gasteiger partial charge in [-0.2, -0.15) is 0 Å². The van der Waals surface area contributed by atoms with Gasteiger partial charge in [0.1, 0.15) is 5.82 Å². The van der Waals surface area contributed by atoms with Crippen LogP contribution < -0.4 is 5.73 Å². The van der Waals surface area contributed by atoms with E-state index in [1.807, 2.05) is 25.1 Å². The lowest BCUT2D eigenvalue weighted by Crippen LogP contribution is -2.13. The van der Waals surface area contributed by atoms with E-state index in [0.29, 0.717) is 12.5 Å². The summed E-state index contributed by atoms with van der Waals surface area (Å²) >= 11 is 6.06. The molecule has 0 unspecified atom stereocenters. The molecule has 0 radical (unpaired) electrons. The summed E-state index contributed by atoms with van der Waals surface area (Å²) in [4.78, 5) is 0. The van der Waals surface area contributed by atoms with Crippen molar-refractivity contribution in [2.45, 2.75) is 33.9 Å². The molecule has 0 aliphatic rings. The second-order valence-electron chi connectivity index (χ2n) is 5.11. The zero-order valence-electron chi connectivity index (χ0n) is 11.5. The van der Waals surface area contributed by atoms with Crippen LogP contribution >= 0.6 is 11.6 Å². The fourth-order valence-corrected chi connectivity index (χ4v) is 2.16. The van der Waals surface area contributed by atoms with Crippen LogP contribution in [0.1, 0.15) is 25.2 Å². The maximum atomic E-state index is 6.06. The minimum absolute atomic E-state index is 0.395. The number of hydrogen-bond donors (Lipinski definition) is 1. The lowest BCUT2D eigenvalue weighted by Gasteiger charge is -2.12. The second-order valence-corrected chi connectivity index (χ2v) is 5.52. The molecule has 0 amide bonds. The van der Waals surface area contributed by atoms with Gasteiger partial charge in [-0.15, -0.1) is 10.2 Å². The summed E-state index contributed by atoms with van der Waals surface area (Å²) in [7, 11) is 0. The molecule has 2 N–H and O–H groups in total. The Labute approximate surface area is 118 Å². The van der Waals surface area contributed by atoms with Crippen molar-refractivity contribution in [3.63, 3.8) is 0 Å². The van der Waals surface area contributed by atoms with E-state index in [4.69, 9.17) is 17.3 Å². The van der Waals surface area contributed by atoms with Gasteiger partial charge in [0.25, 0.3) is 0 Å². The summed E-state index contributed by atoms with van der Waals surface area (Å²) < 4.78 is 2.09. The van der Waals surface area contributed by atoms with E-state index in [0.717, 1.165) is 34.3 Å². The van der Waals surface area contributed by atoms with E-state index in [9.17, 15) is 0 Å². The molecule has 0 aliphatic heterocycles. The number of hydrogen-bond acceptors (Lipinski definition) is 3. The van der Waals surface area contributed by atoms with E-state index in [1.54, 1.807) is 0 Å². The molecule has 2 aromatic rings. The third-order valence-corrected chi connectivity index (χ3v) is 3.40. The minimum Gasteiger partial charge on any atom is -0.324 e. The van der Waals surface area contributed by atoms with Gasteiger partial charge < -0.3 is 10.3 Å². The van der Waals surface area contributed by atoms with Crippen LogP contribution in [-0.2, 0) is 13.1 Å². The van der Waals surface area contributed by atoms with Gasteiger partial charge in [-0.3, -0.25) is 0 Å². The van der Waals surface area contributed by atoms with Crippen molar-refractivity contribution in [3.05, 3.63) is 34.6 Å². The van der Waals surface area contributed by atoms with Crippen molar-refractivity contribution in [3.8, 4) is 11.4 Å². The van der Waals surface area contributed by atoms with Gasteiger partial charge in [-0.25, -0.2) is 0 Å². The number of benzene rings is 1. The fraction of sp³-hybridized carbons (Fsp3) is 0.429. The summed E-state index contributed by atoms with van der Waals surface area (Å²) in [5.74, 6) is 2.18. The molecular formula is C14H19ClN4. The normalized spacial score (nSPS) is 11.3. The second kappa shape index (κ2) is 5.72. The summed E-state index contributed by atoms with van der Waals surface area (Å²) in [5, 5.41) is 9.20. The van der Waals surface area contributed by atoms with Crippen molar-refractivity contribution in [1.29, 1.82) is 0 Å². The third kappa shape index (κ3) is 2.96. The number of aromatic nitrogens is 3. The average Bonchev–Trinajstić information content (AvgIpc) is 2.75. The van der Waals surface area contributed by atoms with E-state index < -0.39 is 0 Å². The summed E-state index contributed by atoms with van der Waals surface area (Å²) in [6.45, 7) is 7.57. The molecule has 0 saturated carbocycles. The minimum atomic E-state index is 0.395. The summed E-state index contributed by atoms with van der Waals surface area (Å²) in [6, 6.07) is 5.89. The molecule has 0 saturated heterocycles. The van der Waals surface area contributed by atoms with Gasteiger partial charge in [0.05, 0.1) is 6.54 Å². The van der Waals surface area contributed by atoms with Gasteiger partial charge in [0.2, 0.25) is 0 Å². The maximum Gasteiger partial charge on any atom is 0.164 e. The van der Waals surface area contributed by atoms with Gasteiger partial charge in [-0.05, 0) is 36.6 Å². The van der Waals surface area contributed by atoms with Crippen molar-refractivity contribution in [2.75, 3.05) is 0 Å². The monoisotopic (exact) mass is 278 g/mol. The zero-order valence-corrected chi connectivity index (χ0v) is 12.3. The Balaban J connectivity index is 2.48. The SMILES string of the molecule is Cc1cc(-c2nnc(CN)n2CC(C)C)ccc1Cl. The smallest absolute Gasteiger partial charge is 0.164 e. The highest BCUT2D eigenvalue weighted by Crippen LogP contribution is 2.24. The molecule has 2 rings (SSSR count). The summed E-state index contributed by atoms with van der Waals surface area (Å²) in [5.41, 5.74) is 7.79. The molecule has 19 heavy (non-hydrogen) atoms. The molecule has 0 aliphatic carbocycles. The van der Waals surface area contributed by atoms with Crippen LogP contribution in [0.4, 0.5) is 0 Å². The first-order chi connectivity index (χ1) is 9.02. The van der Waals surface area contributed by atoms with E-state index in [2.05, 4.69) is 28.6 Å². The van der Waals surface area contributed by atoms with Crippen LogP contribution in [0.15, 0.2) is 18.2 Å². The fourth-order valence-electron chi connectivity index (χ4n) is 2.04. The Morgan fingerprint density at radius 3 is 2.63 bits per heavy atom. The zero-order chi connectivity index (χ0) is 14.0. The Hall–Kier alpha value is -1.39. The molecule has 4 nitrogen and oxygen atoms in total. The Morgan fingerprint density at radius 1 is 1.32 bits per heavy atom. The Morgan fingerprint density at radius 2 is 2.05 bits per heavy atom. The first-order valence-corrected chi connectivity index (χ1v) is 6.79. The van der Waals surface area contributed by atoms with Gasteiger partial charge in [-0.1, -0.05) is 25.4 Å². The molecular weight excluding hydrogens is 260 g/mol. The average molecular weight is 279 g/mol. The maximum absolute atomic E-state index is 6.06. The molecule has 1 heterocycles.